The smallest absolute Gasteiger partial charge is 0.130 e. The van der Waals surface area contributed by atoms with Gasteiger partial charge >= 0.3 is 0 Å². The molecule has 0 saturated carbocycles. The topological polar surface area (TPSA) is 68.3 Å². The van der Waals surface area contributed by atoms with Gasteiger partial charge in [0.15, 0.2) is 0 Å². The van der Waals surface area contributed by atoms with E-state index in [4.69, 9.17) is 32.2 Å². The van der Waals surface area contributed by atoms with Crippen LogP contribution >= 0.6 is 11.6 Å². The minimum absolute atomic E-state index is 0.0239. The average Bonchev–Trinajstić information content (AvgIpc) is 2.44. The normalized spacial score (nSPS) is 10.1. The van der Waals surface area contributed by atoms with Gasteiger partial charge in [0.25, 0.3) is 0 Å². The van der Waals surface area contributed by atoms with Crippen molar-refractivity contribution in [2.45, 2.75) is 6.61 Å². The highest BCUT2D eigenvalue weighted by molar-refractivity contribution is 6.30. The first-order valence-corrected chi connectivity index (χ1v) is 6.37. The van der Waals surface area contributed by atoms with Crippen LogP contribution in [0.2, 0.25) is 5.02 Å². The monoisotopic (exact) mass is 290 g/mol. The van der Waals surface area contributed by atoms with Gasteiger partial charge in [-0.25, -0.2) is 0 Å². The molecule has 0 heterocycles. The average molecular weight is 291 g/mol. The van der Waals surface area contributed by atoms with E-state index >= 15 is 0 Å². The minimum atomic E-state index is -0.0239. The summed E-state index contributed by atoms with van der Waals surface area (Å²) in [5.41, 5.74) is 6.97. The van der Waals surface area contributed by atoms with E-state index < -0.39 is 0 Å². The fraction of sp³-hybridized carbons (Fsp3) is 0.133. The summed E-state index contributed by atoms with van der Waals surface area (Å²) >= 11 is 5.89. The first-order chi connectivity index (χ1) is 9.60. The molecule has 0 bridgehead atoms. The Bertz CT molecular complexity index is 629. The van der Waals surface area contributed by atoms with Crippen LogP contribution in [0.3, 0.4) is 0 Å². The number of nitrogens with one attached hydrogen (secondary N) is 1. The van der Waals surface area contributed by atoms with Crippen molar-refractivity contribution in [2.75, 3.05) is 7.11 Å². The second-order valence-electron chi connectivity index (χ2n) is 4.19. The lowest BCUT2D eigenvalue weighted by molar-refractivity contribution is 0.305. The van der Waals surface area contributed by atoms with Crippen LogP contribution in [0.1, 0.15) is 11.1 Å². The molecular formula is C15H15ClN2O2. The molecule has 3 N–H and O–H groups in total. The molecule has 104 valence electrons. The molecule has 2 aromatic rings. The van der Waals surface area contributed by atoms with Crippen LogP contribution < -0.4 is 15.2 Å². The summed E-state index contributed by atoms with van der Waals surface area (Å²) in [4.78, 5) is 0. The summed E-state index contributed by atoms with van der Waals surface area (Å²) in [7, 11) is 1.55. The molecule has 5 heteroatoms. The number of hydrogen-bond donors (Lipinski definition) is 2. The van der Waals surface area contributed by atoms with E-state index in [0.29, 0.717) is 28.7 Å². The van der Waals surface area contributed by atoms with Crippen molar-refractivity contribution in [1.29, 1.82) is 5.41 Å². The van der Waals surface area contributed by atoms with E-state index in [-0.39, 0.29) is 5.84 Å². The highest BCUT2D eigenvalue weighted by atomic mass is 35.5. The van der Waals surface area contributed by atoms with Gasteiger partial charge in [-0.05, 0) is 35.9 Å². The lowest BCUT2D eigenvalue weighted by atomic mass is 10.1. The van der Waals surface area contributed by atoms with E-state index in [1.807, 2.05) is 18.2 Å². The maximum atomic E-state index is 7.46. The Labute approximate surface area is 122 Å². The molecule has 4 nitrogen and oxygen atoms in total. The molecular weight excluding hydrogens is 276 g/mol. The number of rotatable bonds is 5. The molecule has 0 aliphatic rings. The van der Waals surface area contributed by atoms with E-state index in [2.05, 4.69) is 0 Å². The summed E-state index contributed by atoms with van der Waals surface area (Å²) in [6, 6.07) is 12.6. The molecule has 2 aromatic carbocycles. The standard InChI is InChI=1S/C15H15ClN2O2/c1-19-14-7-10(5-6-13(14)15(17)18)9-20-12-4-2-3-11(16)8-12/h2-8H,9H2,1H3,(H3,17,18). The van der Waals surface area contributed by atoms with Crippen molar-refractivity contribution >= 4 is 17.4 Å². The summed E-state index contributed by atoms with van der Waals surface area (Å²) in [6.07, 6.45) is 0. The van der Waals surface area contributed by atoms with E-state index in [0.717, 1.165) is 5.56 Å². The molecule has 0 spiro atoms. The molecule has 0 saturated heterocycles. The lowest BCUT2D eigenvalue weighted by Gasteiger charge is -2.11. The van der Waals surface area contributed by atoms with Crippen LogP contribution in [-0.4, -0.2) is 12.9 Å². The third kappa shape index (κ3) is 3.42. The van der Waals surface area contributed by atoms with Crippen LogP contribution in [0.4, 0.5) is 0 Å². The van der Waals surface area contributed by atoms with Crippen LogP contribution in [0.15, 0.2) is 42.5 Å². The van der Waals surface area contributed by atoms with Gasteiger partial charge in [-0.2, -0.15) is 0 Å². The number of nitrogen functional groups attached to an aromatic ring is 1. The zero-order valence-corrected chi connectivity index (χ0v) is 11.8. The Kier molecular flexibility index (Phi) is 4.48. The first kappa shape index (κ1) is 14.2. The highest BCUT2D eigenvalue weighted by Crippen LogP contribution is 2.22. The Balaban J connectivity index is 2.12. The summed E-state index contributed by atoms with van der Waals surface area (Å²) in [5.74, 6) is 1.24. The first-order valence-electron chi connectivity index (χ1n) is 6.00. The van der Waals surface area contributed by atoms with Gasteiger partial charge in [0.1, 0.15) is 23.9 Å². The van der Waals surface area contributed by atoms with Crippen molar-refractivity contribution in [1.82, 2.24) is 0 Å². The SMILES string of the molecule is COc1cc(COc2cccc(Cl)c2)ccc1C(=N)N. The van der Waals surface area contributed by atoms with Crippen molar-refractivity contribution in [3.05, 3.63) is 58.6 Å². The zero-order valence-electron chi connectivity index (χ0n) is 11.0. The van der Waals surface area contributed by atoms with Gasteiger partial charge in [-0.3, -0.25) is 5.41 Å². The lowest BCUT2D eigenvalue weighted by Crippen LogP contribution is -2.12. The molecule has 0 aliphatic carbocycles. The molecule has 0 aliphatic heterocycles. The number of halogens is 1. The summed E-state index contributed by atoms with van der Waals surface area (Å²) < 4.78 is 10.9. The number of benzene rings is 2. The Hall–Kier alpha value is -2.20. The van der Waals surface area contributed by atoms with Crippen LogP contribution in [0.25, 0.3) is 0 Å². The van der Waals surface area contributed by atoms with Gasteiger partial charge in [0, 0.05) is 5.02 Å². The maximum Gasteiger partial charge on any atom is 0.130 e. The molecule has 0 fully saturated rings. The second kappa shape index (κ2) is 6.30. The van der Waals surface area contributed by atoms with Gasteiger partial charge in [-0.15, -0.1) is 0 Å². The fourth-order valence-electron chi connectivity index (χ4n) is 1.77. The zero-order chi connectivity index (χ0) is 14.5. The number of amidine groups is 1. The molecule has 0 radical (unpaired) electrons. The Morgan fingerprint density at radius 2 is 2.05 bits per heavy atom. The van der Waals surface area contributed by atoms with Crippen LogP contribution in [0.5, 0.6) is 11.5 Å². The number of hydrogen-bond acceptors (Lipinski definition) is 3. The quantitative estimate of drug-likeness (QED) is 0.656. The number of methoxy groups -OCH3 is 1. The maximum absolute atomic E-state index is 7.46. The Morgan fingerprint density at radius 1 is 1.25 bits per heavy atom. The minimum Gasteiger partial charge on any atom is -0.496 e. The Morgan fingerprint density at radius 3 is 2.70 bits per heavy atom. The predicted octanol–water partition coefficient (Wildman–Crippen LogP) is 3.21. The third-order valence-corrected chi connectivity index (χ3v) is 2.99. The van der Waals surface area contributed by atoms with E-state index in [1.165, 1.54) is 0 Å². The molecule has 0 amide bonds. The van der Waals surface area contributed by atoms with Gasteiger partial charge < -0.3 is 15.2 Å². The van der Waals surface area contributed by atoms with E-state index in [1.54, 1.807) is 31.4 Å². The van der Waals surface area contributed by atoms with Crippen LogP contribution in [0, 0.1) is 5.41 Å². The summed E-state index contributed by atoms with van der Waals surface area (Å²) in [6.45, 7) is 0.384. The summed E-state index contributed by atoms with van der Waals surface area (Å²) in [5, 5.41) is 8.09. The molecule has 0 unspecified atom stereocenters. The van der Waals surface area contributed by atoms with Crippen molar-refractivity contribution < 1.29 is 9.47 Å². The van der Waals surface area contributed by atoms with Gasteiger partial charge in [-0.1, -0.05) is 23.7 Å². The van der Waals surface area contributed by atoms with Crippen molar-refractivity contribution in [2.24, 2.45) is 5.73 Å². The van der Waals surface area contributed by atoms with Crippen molar-refractivity contribution in [3.8, 4) is 11.5 Å². The molecule has 0 aromatic heterocycles. The van der Waals surface area contributed by atoms with Gasteiger partial charge in [0.2, 0.25) is 0 Å². The van der Waals surface area contributed by atoms with Gasteiger partial charge in [0.05, 0.1) is 12.7 Å². The largest absolute Gasteiger partial charge is 0.496 e. The third-order valence-electron chi connectivity index (χ3n) is 2.76. The second-order valence-corrected chi connectivity index (χ2v) is 4.63. The number of ether oxygens (including phenoxy) is 2. The van der Waals surface area contributed by atoms with E-state index in [9.17, 15) is 0 Å². The predicted molar refractivity (Wildman–Crippen MR) is 79.8 cm³/mol. The van der Waals surface area contributed by atoms with Crippen LogP contribution in [-0.2, 0) is 6.61 Å². The fourth-order valence-corrected chi connectivity index (χ4v) is 1.95. The molecule has 20 heavy (non-hydrogen) atoms. The molecule has 0 atom stereocenters. The highest BCUT2D eigenvalue weighted by Gasteiger charge is 2.07. The van der Waals surface area contributed by atoms with Crippen molar-refractivity contribution in [3.63, 3.8) is 0 Å². The molecule has 2 rings (SSSR count). The number of nitrogens with two attached hydrogens (primary N) is 1.